The molecule has 1 unspecified atom stereocenters. The highest BCUT2D eigenvalue weighted by atomic mass is 16.4. The minimum atomic E-state index is -0.236. The first-order valence-electron chi connectivity index (χ1n) is 5.89. The normalized spacial score (nSPS) is 25.0. The molecule has 0 spiro atoms. The number of hydrogen-bond donors (Lipinski definition) is 1. The molecule has 1 fully saturated rings. The lowest BCUT2D eigenvalue weighted by Gasteiger charge is -2.20. The maximum absolute atomic E-state index is 12.2. The Labute approximate surface area is 104 Å². The van der Waals surface area contributed by atoms with Gasteiger partial charge in [0.05, 0.1) is 16.8 Å². The van der Waals surface area contributed by atoms with Crippen molar-refractivity contribution in [2.45, 2.75) is 25.3 Å². The van der Waals surface area contributed by atoms with Crippen LogP contribution < -0.4 is 0 Å². The monoisotopic (exact) mass is 244 g/mol. The van der Waals surface area contributed by atoms with E-state index in [0.29, 0.717) is 36.1 Å². The van der Waals surface area contributed by atoms with Gasteiger partial charge in [0.1, 0.15) is 0 Å². The van der Waals surface area contributed by atoms with Gasteiger partial charge in [-0.3, -0.25) is 14.5 Å². The molecule has 2 aliphatic rings. The first-order chi connectivity index (χ1) is 8.72. The van der Waals surface area contributed by atoms with Gasteiger partial charge >= 0.3 is 0 Å². The lowest BCUT2D eigenvalue weighted by molar-refractivity contribution is 0.0591. The van der Waals surface area contributed by atoms with E-state index in [1.807, 2.05) is 0 Å². The highest BCUT2D eigenvalue weighted by Gasteiger charge is 2.41. The molecule has 1 aliphatic carbocycles. The Morgan fingerprint density at radius 2 is 1.78 bits per heavy atom. The third-order valence-electron chi connectivity index (χ3n) is 3.57. The molecule has 5 heteroatoms. The Morgan fingerprint density at radius 3 is 2.28 bits per heavy atom. The summed E-state index contributed by atoms with van der Waals surface area (Å²) in [5.74, 6) is -0.473. The van der Waals surface area contributed by atoms with E-state index in [1.165, 1.54) is 4.90 Å². The number of imide groups is 1. The average Bonchev–Trinajstić information content (AvgIpc) is 2.95. The van der Waals surface area contributed by atoms with Crippen LogP contribution in [0.4, 0.5) is 0 Å². The van der Waals surface area contributed by atoms with Crippen LogP contribution in [0.2, 0.25) is 0 Å². The standard InChI is InChI=1S/C13H12N2O3/c16-12-10-3-1-2-4-11(10)13(17)15(12)9-6-5-8(7-9)14-18/h1-4,9,18H,5-7H2. The molecule has 0 saturated heterocycles. The topological polar surface area (TPSA) is 70.0 Å². The fourth-order valence-corrected chi connectivity index (χ4v) is 2.66. The smallest absolute Gasteiger partial charge is 0.261 e. The van der Waals surface area contributed by atoms with Crippen molar-refractivity contribution in [2.75, 3.05) is 0 Å². The van der Waals surface area contributed by atoms with Crippen molar-refractivity contribution in [2.24, 2.45) is 5.16 Å². The Balaban J connectivity index is 1.93. The van der Waals surface area contributed by atoms with Crippen LogP contribution in [0.1, 0.15) is 40.0 Å². The quantitative estimate of drug-likeness (QED) is 0.464. The highest BCUT2D eigenvalue weighted by molar-refractivity contribution is 6.21. The van der Waals surface area contributed by atoms with Gasteiger partial charge in [0.2, 0.25) is 0 Å². The second-order valence-corrected chi connectivity index (χ2v) is 4.59. The molecule has 1 heterocycles. The number of rotatable bonds is 1. The van der Waals surface area contributed by atoms with E-state index in [2.05, 4.69) is 5.16 Å². The van der Waals surface area contributed by atoms with Gasteiger partial charge in [-0.15, -0.1) is 0 Å². The molecule has 1 atom stereocenters. The van der Waals surface area contributed by atoms with E-state index in [9.17, 15) is 9.59 Å². The van der Waals surface area contributed by atoms with Gasteiger partial charge in [-0.05, 0) is 25.0 Å². The van der Waals surface area contributed by atoms with Crippen molar-refractivity contribution in [3.05, 3.63) is 35.4 Å². The lowest BCUT2D eigenvalue weighted by atomic mass is 10.1. The number of nitrogens with zero attached hydrogens (tertiary/aromatic N) is 2. The lowest BCUT2D eigenvalue weighted by Crippen LogP contribution is -2.38. The van der Waals surface area contributed by atoms with Gasteiger partial charge in [-0.25, -0.2) is 0 Å². The average molecular weight is 244 g/mol. The molecular weight excluding hydrogens is 232 g/mol. The molecule has 3 rings (SSSR count). The summed E-state index contributed by atoms with van der Waals surface area (Å²) >= 11 is 0. The van der Waals surface area contributed by atoms with Gasteiger partial charge in [0, 0.05) is 12.5 Å². The van der Waals surface area contributed by atoms with Gasteiger partial charge < -0.3 is 5.21 Å². The van der Waals surface area contributed by atoms with Crippen molar-refractivity contribution in [3.8, 4) is 0 Å². The second kappa shape index (κ2) is 3.94. The van der Waals surface area contributed by atoms with Crippen molar-refractivity contribution in [1.29, 1.82) is 0 Å². The fourth-order valence-electron chi connectivity index (χ4n) is 2.66. The van der Waals surface area contributed by atoms with Crippen molar-refractivity contribution in [1.82, 2.24) is 4.90 Å². The molecule has 1 aliphatic heterocycles. The summed E-state index contributed by atoms with van der Waals surface area (Å²) in [5.41, 5.74) is 1.59. The molecule has 1 N–H and O–H groups in total. The zero-order valence-corrected chi connectivity index (χ0v) is 9.67. The van der Waals surface area contributed by atoms with Gasteiger partial charge in [-0.2, -0.15) is 0 Å². The predicted molar refractivity (Wildman–Crippen MR) is 63.8 cm³/mol. The maximum Gasteiger partial charge on any atom is 0.261 e. The highest BCUT2D eigenvalue weighted by Crippen LogP contribution is 2.30. The summed E-state index contributed by atoms with van der Waals surface area (Å²) in [7, 11) is 0. The molecule has 1 aromatic rings. The van der Waals surface area contributed by atoms with Crippen LogP contribution in [0.25, 0.3) is 0 Å². The number of carbonyl (C=O) groups is 2. The molecule has 2 amide bonds. The summed E-state index contributed by atoms with van der Waals surface area (Å²) in [6, 6.07) is 6.67. The van der Waals surface area contributed by atoms with E-state index in [4.69, 9.17) is 5.21 Å². The van der Waals surface area contributed by atoms with Crippen LogP contribution in [0.5, 0.6) is 0 Å². The van der Waals surface area contributed by atoms with E-state index >= 15 is 0 Å². The predicted octanol–water partition coefficient (Wildman–Crippen LogP) is 1.67. The maximum atomic E-state index is 12.2. The van der Waals surface area contributed by atoms with Gasteiger partial charge in [-0.1, -0.05) is 17.3 Å². The number of fused-ring (bicyclic) bond motifs is 1. The van der Waals surface area contributed by atoms with Crippen molar-refractivity contribution in [3.63, 3.8) is 0 Å². The minimum absolute atomic E-state index is 0.178. The number of oxime groups is 1. The molecule has 0 radical (unpaired) electrons. The number of amides is 2. The van der Waals surface area contributed by atoms with Crippen LogP contribution in [0.3, 0.4) is 0 Å². The zero-order valence-electron chi connectivity index (χ0n) is 9.67. The summed E-state index contributed by atoms with van der Waals surface area (Å²) in [5, 5.41) is 11.9. The van der Waals surface area contributed by atoms with Crippen molar-refractivity contribution >= 4 is 17.5 Å². The third-order valence-corrected chi connectivity index (χ3v) is 3.57. The first kappa shape index (κ1) is 11.0. The summed E-state index contributed by atoms with van der Waals surface area (Å²) in [6.07, 6.45) is 1.78. The van der Waals surface area contributed by atoms with E-state index in [1.54, 1.807) is 24.3 Å². The summed E-state index contributed by atoms with van der Waals surface area (Å²) < 4.78 is 0. The fraction of sp³-hybridized carbons (Fsp3) is 0.308. The molecule has 1 aromatic carbocycles. The summed E-state index contributed by atoms with van der Waals surface area (Å²) in [6.45, 7) is 0. The Hall–Kier alpha value is -2.17. The van der Waals surface area contributed by atoms with Crippen LogP contribution >= 0.6 is 0 Å². The Kier molecular flexibility index (Phi) is 2.40. The Bertz CT molecular complexity index is 530. The second-order valence-electron chi connectivity index (χ2n) is 4.59. The number of carbonyl (C=O) groups excluding carboxylic acids is 2. The molecule has 0 aromatic heterocycles. The Morgan fingerprint density at radius 1 is 1.17 bits per heavy atom. The first-order valence-corrected chi connectivity index (χ1v) is 5.89. The molecule has 0 bridgehead atoms. The largest absolute Gasteiger partial charge is 0.411 e. The van der Waals surface area contributed by atoms with Crippen LogP contribution in [-0.2, 0) is 0 Å². The summed E-state index contributed by atoms with van der Waals surface area (Å²) in [4.78, 5) is 25.7. The van der Waals surface area contributed by atoms with Gasteiger partial charge in [0.15, 0.2) is 0 Å². The molecule has 5 nitrogen and oxygen atoms in total. The van der Waals surface area contributed by atoms with E-state index in [0.717, 1.165) is 0 Å². The van der Waals surface area contributed by atoms with Crippen LogP contribution in [0.15, 0.2) is 29.4 Å². The van der Waals surface area contributed by atoms with E-state index in [-0.39, 0.29) is 17.9 Å². The third kappa shape index (κ3) is 1.44. The minimum Gasteiger partial charge on any atom is -0.411 e. The number of benzene rings is 1. The molecule has 18 heavy (non-hydrogen) atoms. The van der Waals surface area contributed by atoms with Gasteiger partial charge in [0.25, 0.3) is 11.8 Å². The molecular formula is C13H12N2O3. The number of hydrogen-bond acceptors (Lipinski definition) is 4. The van der Waals surface area contributed by atoms with Crippen LogP contribution in [-0.4, -0.2) is 33.7 Å². The molecule has 92 valence electrons. The van der Waals surface area contributed by atoms with Crippen molar-refractivity contribution < 1.29 is 14.8 Å². The van der Waals surface area contributed by atoms with Crippen LogP contribution in [0, 0.1) is 0 Å². The molecule has 1 saturated carbocycles. The van der Waals surface area contributed by atoms with E-state index < -0.39 is 0 Å². The zero-order chi connectivity index (χ0) is 12.7. The SMILES string of the molecule is O=C1c2ccccc2C(=O)N1C1CCC(=NO)C1.